The fourth-order valence-electron chi connectivity index (χ4n) is 2.60. The Balaban J connectivity index is 1.58. The molecule has 3 rings (SSSR count). The molecule has 0 saturated heterocycles. The summed E-state index contributed by atoms with van der Waals surface area (Å²) < 4.78 is 5.06. The molecule has 0 aliphatic rings. The number of esters is 1. The fourth-order valence-corrected chi connectivity index (χ4v) is 3.17. The molecule has 1 atom stereocenters. The van der Waals surface area contributed by atoms with Gasteiger partial charge >= 0.3 is 5.97 Å². The molecule has 0 bridgehead atoms. The Labute approximate surface area is 166 Å². The van der Waals surface area contributed by atoms with Gasteiger partial charge in [0.25, 0.3) is 5.91 Å². The van der Waals surface area contributed by atoms with Gasteiger partial charge in [0, 0.05) is 15.4 Å². The summed E-state index contributed by atoms with van der Waals surface area (Å²) in [7, 11) is 0. The van der Waals surface area contributed by atoms with E-state index in [0.29, 0.717) is 15.6 Å². The van der Waals surface area contributed by atoms with Crippen molar-refractivity contribution in [1.82, 2.24) is 10.3 Å². The molecule has 27 heavy (non-hydrogen) atoms. The van der Waals surface area contributed by atoms with Crippen molar-refractivity contribution >= 4 is 46.0 Å². The Morgan fingerprint density at radius 1 is 1.11 bits per heavy atom. The van der Waals surface area contributed by atoms with E-state index < -0.39 is 18.5 Å². The van der Waals surface area contributed by atoms with Gasteiger partial charge in [0.15, 0.2) is 6.61 Å². The summed E-state index contributed by atoms with van der Waals surface area (Å²) in [5, 5.41) is 4.61. The van der Waals surface area contributed by atoms with Crippen LogP contribution >= 0.6 is 23.2 Å². The first-order valence-electron chi connectivity index (χ1n) is 8.21. The molecule has 1 N–H and O–H groups in total. The quantitative estimate of drug-likeness (QED) is 0.634. The first-order valence-corrected chi connectivity index (χ1v) is 8.97. The van der Waals surface area contributed by atoms with Gasteiger partial charge in [0.2, 0.25) is 0 Å². The molecule has 5 nitrogen and oxygen atoms in total. The molecule has 1 heterocycles. The number of hydrogen-bond acceptors (Lipinski definition) is 4. The van der Waals surface area contributed by atoms with Crippen LogP contribution in [-0.2, 0) is 9.53 Å². The third kappa shape index (κ3) is 4.76. The minimum absolute atomic E-state index is 0.148. The van der Waals surface area contributed by atoms with E-state index >= 15 is 0 Å². The number of carbonyl (C=O) groups is 2. The Hall–Kier alpha value is -2.63. The maximum Gasteiger partial charge on any atom is 0.357 e. The second kappa shape index (κ2) is 8.37. The number of ether oxygens (including phenoxy) is 1. The van der Waals surface area contributed by atoms with Gasteiger partial charge < -0.3 is 10.1 Å². The number of nitrogens with zero attached hydrogens (tertiary/aromatic N) is 1. The number of halogens is 2. The third-order valence-corrected chi connectivity index (χ3v) is 4.51. The first kappa shape index (κ1) is 19.1. The molecule has 0 radical (unpaired) electrons. The molecule has 1 amide bonds. The van der Waals surface area contributed by atoms with Crippen molar-refractivity contribution < 1.29 is 14.3 Å². The molecule has 1 unspecified atom stereocenters. The van der Waals surface area contributed by atoms with Gasteiger partial charge in [-0.15, -0.1) is 0 Å². The van der Waals surface area contributed by atoms with Crippen molar-refractivity contribution in [3.05, 3.63) is 75.9 Å². The van der Waals surface area contributed by atoms with Crippen molar-refractivity contribution in [2.75, 3.05) is 6.61 Å². The summed E-state index contributed by atoms with van der Waals surface area (Å²) in [6.45, 7) is 1.36. The Morgan fingerprint density at radius 2 is 1.89 bits per heavy atom. The monoisotopic (exact) mass is 402 g/mol. The fraction of sp³-hybridized carbons (Fsp3) is 0.150. The standard InChI is InChI=1S/C20H16Cl2N2O3/c1-12(15-8-7-14(21)10-16(15)22)23-19(25)11-27-20(26)18-9-6-13-4-2-3-5-17(13)24-18/h2-10,12H,11H2,1H3,(H,23,25). The zero-order valence-electron chi connectivity index (χ0n) is 14.4. The van der Waals surface area contributed by atoms with Crippen molar-refractivity contribution in [3.63, 3.8) is 0 Å². The molecule has 0 spiro atoms. The highest BCUT2D eigenvalue weighted by Gasteiger charge is 2.16. The number of pyridine rings is 1. The van der Waals surface area contributed by atoms with Gasteiger partial charge in [0.05, 0.1) is 11.6 Å². The number of carbonyl (C=O) groups excluding carboxylic acids is 2. The van der Waals surface area contributed by atoms with E-state index in [1.165, 1.54) is 0 Å². The average molecular weight is 403 g/mol. The van der Waals surface area contributed by atoms with Crippen LogP contribution in [0, 0.1) is 0 Å². The number of nitrogens with one attached hydrogen (secondary N) is 1. The smallest absolute Gasteiger partial charge is 0.357 e. The maximum atomic E-state index is 12.1. The van der Waals surface area contributed by atoms with Crippen LogP contribution in [0.25, 0.3) is 10.9 Å². The lowest BCUT2D eigenvalue weighted by atomic mass is 10.1. The van der Waals surface area contributed by atoms with E-state index in [1.54, 1.807) is 43.3 Å². The van der Waals surface area contributed by atoms with Gasteiger partial charge in [-0.2, -0.15) is 0 Å². The molecular weight excluding hydrogens is 387 g/mol. The zero-order chi connectivity index (χ0) is 19.4. The molecule has 2 aromatic carbocycles. The number of fused-ring (bicyclic) bond motifs is 1. The summed E-state index contributed by atoms with van der Waals surface area (Å²) in [5.74, 6) is -1.10. The van der Waals surface area contributed by atoms with Crippen molar-refractivity contribution in [2.45, 2.75) is 13.0 Å². The Morgan fingerprint density at radius 3 is 2.67 bits per heavy atom. The lowest BCUT2D eigenvalue weighted by molar-refractivity contribution is -0.124. The Bertz CT molecular complexity index is 1010. The SMILES string of the molecule is CC(NC(=O)COC(=O)c1ccc2ccccc2n1)c1ccc(Cl)cc1Cl. The normalized spacial score (nSPS) is 11.8. The maximum absolute atomic E-state index is 12.1. The number of hydrogen-bond donors (Lipinski definition) is 1. The van der Waals surface area contributed by atoms with E-state index in [1.807, 2.05) is 18.2 Å². The highest BCUT2D eigenvalue weighted by atomic mass is 35.5. The average Bonchev–Trinajstić information content (AvgIpc) is 2.65. The lowest BCUT2D eigenvalue weighted by Crippen LogP contribution is -2.31. The van der Waals surface area contributed by atoms with Crippen LogP contribution in [-0.4, -0.2) is 23.5 Å². The summed E-state index contributed by atoms with van der Waals surface area (Å²) in [6.07, 6.45) is 0. The van der Waals surface area contributed by atoms with Gasteiger partial charge in [0.1, 0.15) is 5.69 Å². The molecule has 0 aliphatic heterocycles. The molecule has 1 aromatic heterocycles. The van der Waals surface area contributed by atoms with Crippen molar-refractivity contribution in [2.24, 2.45) is 0 Å². The van der Waals surface area contributed by atoms with Gasteiger partial charge in [-0.25, -0.2) is 9.78 Å². The van der Waals surface area contributed by atoms with E-state index in [4.69, 9.17) is 27.9 Å². The minimum atomic E-state index is -0.659. The van der Waals surface area contributed by atoms with Crippen LogP contribution in [0.5, 0.6) is 0 Å². The van der Waals surface area contributed by atoms with Gasteiger partial charge in [-0.05, 0) is 36.8 Å². The molecular formula is C20H16Cl2N2O3. The summed E-state index contributed by atoms with van der Waals surface area (Å²) in [5.41, 5.74) is 1.55. The van der Waals surface area contributed by atoms with E-state index in [0.717, 1.165) is 10.9 Å². The molecule has 0 fully saturated rings. The number of amides is 1. The summed E-state index contributed by atoms with van der Waals surface area (Å²) >= 11 is 12.0. The zero-order valence-corrected chi connectivity index (χ0v) is 15.9. The lowest BCUT2D eigenvalue weighted by Gasteiger charge is -2.16. The van der Waals surface area contributed by atoms with Crippen molar-refractivity contribution in [3.8, 4) is 0 Å². The highest BCUT2D eigenvalue weighted by molar-refractivity contribution is 6.35. The van der Waals surface area contributed by atoms with Crippen LogP contribution in [0.4, 0.5) is 0 Å². The first-order chi connectivity index (χ1) is 12.9. The summed E-state index contributed by atoms with van der Waals surface area (Å²) in [6, 6.07) is 15.4. The van der Waals surface area contributed by atoms with Crippen LogP contribution in [0.15, 0.2) is 54.6 Å². The molecule has 138 valence electrons. The van der Waals surface area contributed by atoms with Gasteiger partial charge in [-0.1, -0.05) is 53.5 Å². The molecule has 3 aromatic rings. The van der Waals surface area contributed by atoms with Crippen LogP contribution in [0.2, 0.25) is 10.0 Å². The van der Waals surface area contributed by atoms with E-state index in [-0.39, 0.29) is 11.7 Å². The second-order valence-corrected chi connectivity index (χ2v) is 6.76. The number of para-hydroxylation sites is 1. The summed E-state index contributed by atoms with van der Waals surface area (Å²) in [4.78, 5) is 28.5. The van der Waals surface area contributed by atoms with Crippen molar-refractivity contribution in [1.29, 1.82) is 0 Å². The van der Waals surface area contributed by atoms with E-state index in [9.17, 15) is 9.59 Å². The third-order valence-electron chi connectivity index (χ3n) is 3.95. The van der Waals surface area contributed by atoms with Crippen LogP contribution in [0.3, 0.4) is 0 Å². The number of aromatic nitrogens is 1. The highest BCUT2D eigenvalue weighted by Crippen LogP contribution is 2.26. The van der Waals surface area contributed by atoms with E-state index in [2.05, 4.69) is 10.3 Å². The number of rotatable bonds is 5. The second-order valence-electron chi connectivity index (χ2n) is 5.92. The predicted molar refractivity (Wildman–Crippen MR) is 105 cm³/mol. The van der Waals surface area contributed by atoms with Crippen LogP contribution in [0.1, 0.15) is 29.0 Å². The topological polar surface area (TPSA) is 68.3 Å². The Kier molecular flexibility index (Phi) is 5.94. The molecule has 0 saturated carbocycles. The number of benzene rings is 2. The predicted octanol–water partition coefficient (Wildman–Crippen LogP) is 4.58. The largest absolute Gasteiger partial charge is 0.451 e. The minimum Gasteiger partial charge on any atom is -0.451 e. The molecule has 7 heteroatoms. The van der Waals surface area contributed by atoms with Gasteiger partial charge in [-0.3, -0.25) is 4.79 Å². The molecule has 0 aliphatic carbocycles. The van der Waals surface area contributed by atoms with Crippen LogP contribution < -0.4 is 5.32 Å².